The van der Waals surface area contributed by atoms with Crippen LogP contribution in [0.1, 0.15) is 0 Å². The van der Waals surface area contributed by atoms with Crippen molar-refractivity contribution in [3.05, 3.63) is 231 Å². The molecule has 12 rings (SSSR count). The van der Waals surface area contributed by atoms with Crippen molar-refractivity contribution in [3.63, 3.8) is 0 Å². The van der Waals surface area contributed by atoms with E-state index in [1.807, 2.05) is 6.07 Å². The number of aromatic nitrogens is 1. The first-order chi connectivity index (χ1) is 30.2. The second kappa shape index (κ2) is 14.3. The molecule has 2 aromatic heterocycles. The molecule has 0 unspecified atom stereocenters. The number of hydrogen-bond acceptors (Lipinski definition) is 2. The SMILES string of the molecule is c1ccc(-c2ccc(N(c3ccc(-c4ccc5c(c4)c4ccccc4n5-c4ccc(-c5ccccc5)cc4)cc3)c3cc4ccccc4c4c3oc3ccccc34)cc2)cc1. The van der Waals surface area contributed by atoms with Crippen LogP contribution in [0.3, 0.4) is 0 Å². The van der Waals surface area contributed by atoms with Gasteiger partial charge in [-0.1, -0.05) is 164 Å². The molecule has 0 saturated carbocycles. The molecular formula is C58H38N2O. The molecule has 0 aliphatic heterocycles. The molecule has 3 heteroatoms. The topological polar surface area (TPSA) is 21.3 Å². The van der Waals surface area contributed by atoms with E-state index < -0.39 is 0 Å². The molecule has 0 amide bonds. The van der Waals surface area contributed by atoms with Gasteiger partial charge in [0.05, 0.1) is 16.7 Å². The smallest absolute Gasteiger partial charge is 0.160 e. The molecule has 0 N–H and O–H groups in total. The highest BCUT2D eigenvalue weighted by Gasteiger charge is 2.22. The third-order valence-electron chi connectivity index (χ3n) is 12.2. The lowest BCUT2D eigenvalue weighted by molar-refractivity contribution is 0.669. The normalized spacial score (nSPS) is 11.6. The second-order valence-electron chi connectivity index (χ2n) is 15.7. The van der Waals surface area contributed by atoms with Crippen LogP contribution in [-0.4, -0.2) is 4.57 Å². The molecular weight excluding hydrogens is 741 g/mol. The first kappa shape index (κ1) is 34.9. The minimum absolute atomic E-state index is 0.868. The van der Waals surface area contributed by atoms with E-state index in [1.165, 1.54) is 60.4 Å². The maximum absolute atomic E-state index is 6.79. The summed E-state index contributed by atoms with van der Waals surface area (Å²) < 4.78 is 9.18. The number of hydrogen-bond donors (Lipinski definition) is 0. The maximum Gasteiger partial charge on any atom is 0.160 e. The molecule has 0 spiro atoms. The summed E-state index contributed by atoms with van der Waals surface area (Å²) >= 11 is 0. The Labute approximate surface area is 353 Å². The lowest BCUT2D eigenvalue weighted by Gasteiger charge is -2.26. The van der Waals surface area contributed by atoms with Crippen LogP contribution >= 0.6 is 0 Å². The van der Waals surface area contributed by atoms with E-state index >= 15 is 0 Å². The predicted octanol–water partition coefficient (Wildman–Crippen LogP) is 16.3. The van der Waals surface area contributed by atoms with Gasteiger partial charge in [0.1, 0.15) is 5.58 Å². The van der Waals surface area contributed by atoms with Crippen LogP contribution in [0, 0.1) is 0 Å². The first-order valence-corrected chi connectivity index (χ1v) is 20.8. The Hall–Kier alpha value is -8.14. The van der Waals surface area contributed by atoms with E-state index in [2.05, 4.69) is 234 Å². The first-order valence-electron chi connectivity index (χ1n) is 20.8. The molecule has 0 aliphatic carbocycles. The van der Waals surface area contributed by atoms with Crippen LogP contribution in [0.4, 0.5) is 17.1 Å². The van der Waals surface area contributed by atoms with Gasteiger partial charge in [-0.2, -0.15) is 0 Å². The molecule has 0 aliphatic rings. The minimum Gasteiger partial charge on any atom is -0.454 e. The zero-order valence-electron chi connectivity index (χ0n) is 33.2. The summed E-state index contributed by atoms with van der Waals surface area (Å²) in [5.74, 6) is 0. The summed E-state index contributed by atoms with van der Waals surface area (Å²) in [6.07, 6.45) is 0. The van der Waals surface area contributed by atoms with Crippen molar-refractivity contribution in [1.29, 1.82) is 0 Å². The Balaban J connectivity index is 0.978. The van der Waals surface area contributed by atoms with Crippen LogP contribution in [0.2, 0.25) is 0 Å². The molecule has 0 atom stereocenters. The fourth-order valence-corrected chi connectivity index (χ4v) is 9.25. The Kier molecular flexibility index (Phi) is 8.17. The molecule has 0 bridgehead atoms. The summed E-state index contributed by atoms with van der Waals surface area (Å²) in [7, 11) is 0. The van der Waals surface area contributed by atoms with Crippen molar-refractivity contribution < 1.29 is 4.42 Å². The molecule has 12 aromatic rings. The molecule has 0 saturated heterocycles. The number of para-hydroxylation sites is 2. The number of furan rings is 1. The molecule has 2 heterocycles. The monoisotopic (exact) mass is 778 g/mol. The zero-order chi connectivity index (χ0) is 40.3. The van der Waals surface area contributed by atoms with Crippen LogP contribution in [-0.2, 0) is 0 Å². The van der Waals surface area contributed by atoms with Gasteiger partial charge in [-0.3, -0.25) is 0 Å². The summed E-state index contributed by atoms with van der Waals surface area (Å²) in [6.45, 7) is 0. The summed E-state index contributed by atoms with van der Waals surface area (Å²) in [5.41, 5.74) is 15.5. The third kappa shape index (κ3) is 5.90. The molecule has 3 nitrogen and oxygen atoms in total. The quantitative estimate of drug-likeness (QED) is 0.161. The van der Waals surface area contributed by atoms with Gasteiger partial charge in [0, 0.05) is 38.6 Å². The number of fused-ring (bicyclic) bond motifs is 8. The number of benzene rings is 10. The van der Waals surface area contributed by atoms with E-state index in [1.54, 1.807) is 0 Å². The Morgan fingerprint density at radius 2 is 0.836 bits per heavy atom. The van der Waals surface area contributed by atoms with E-state index in [0.29, 0.717) is 0 Å². The lowest BCUT2D eigenvalue weighted by atomic mass is 10.00. The van der Waals surface area contributed by atoms with Gasteiger partial charge < -0.3 is 13.9 Å². The van der Waals surface area contributed by atoms with Crippen molar-refractivity contribution in [1.82, 2.24) is 4.57 Å². The fourth-order valence-electron chi connectivity index (χ4n) is 9.25. The van der Waals surface area contributed by atoms with Crippen LogP contribution in [0.15, 0.2) is 235 Å². The summed E-state index contributed by atoms with van der Waals surface area (Å²) in [4.78, 5) is 2.34. The fraction of sp³-hybridized carbons (Fsp3) is 0. The van der Waals surface area contributed by atoms with Crippen molar-refractivity contribution in [2.45, 2.75) is 0 Å². The zero-order valence-corrected chi connectivity index (χ0v) is 33.2. The number of rotatable bonds is 7. The average molecular weight is 779 g/mol. The van der Waals surface area contributed by atoms with E-state index in [-0.39, 0.29) is 0 Å². The van der Waals surface area contributed by atoms with Gasteiger partial charge in [0.2, 0.25) is 0 Å². The van der Waals surface area contributed by atoms with Gasteiger partial charge in [0.15, 0.2) is 5.58 Å². The third-order valence-corrected chi connectivity index (χ3v) is 12.2. The van der Waals surface area contributed by atoms with Gasteiger partial charge in [-0.15, -0.1) is 0 Å². The molecule has 61 heavy (non-hydrogen) atoms. The van der Waals surface area contributed by atoms with E-state index in [0.717, 1.165) is 50.3 Å². The largest absolute Gasteiger partial charge is 0.454 e. The average Bonchev–Trinajstić information content (AvgIpc) is 3.89. The van der Waals surface area contributed by atoms with E-state index in [4.69, 9.17) is 4.42 Å². The highest BCUT2D eigenvalue weighted by atomic mass is 16.3. The number of nitrogens with zero attached hydrogens (tertiary/aromatic N) is 2. The summed E-state index contributed by atoms with van der Waals surface area (Å²) in [6, 6.07) is 82.8. The minimum atomic E-state index is 0.868. The predicted molar refractivity (Wildman–Crippen MR) is 257 cm³/mol. The van der Waals surface area contributed by atoms with Gasteiger partial charge in [0.25, 0.3) is 0 Å². The molecule has 0 fully saturated rings. The van der Waals surface area contributed by atoms with Gasteiger partial charge in [-0.05, 0) is 111 Å². The van der Waals surface area contributed by atoms with Crippen LogP contribution in [0.5, 0.6) is 0 Å². The molecule has 10 aromatic carbocycles. The van der Waals surface area contributed by atoms with Gasteiger partial charge in [-0.25, -0.2) is 0 Å². The molecule has 0 radical (unpaired) electrons. The van der Waals surface area contributed by atoms with Crippen molar-refractivity contribution >= 4 is 71.6 Å². The van der Waals surface area contributed by atoms with Crippen LogP contribution in [0.25, 0.3) is 93.6 Å². The Morgan fingerprint density at radius 1 is 0.344 bits per heavy atom. The Morgan fingerprint density at radius 3 is 1.51 bits per heavy atom. The standard InChI is InChI=1S/C58H38N2O/c1-3-13-39(14-4-1)41-23-30-46(31-24-41)59(55-38-45-17-7-8-18-49(45)57-51-20-10-12-22-56(51)61-58(55)57)47-32-27-43(28-33-47)44-29-36-54-52(37-44)50-19-9-11-21-53(50)60(54)48-34-25-42(26-35-48)40-15-5-2-6-16-40/h1-38H. The summed E-state index contributed by atoms with van der Waals surface area (Å²) in [5, 5.41) is 7.06. The van der Waals surface area contributed by atoms with Crippen molar-refractivity contribution in [2.24, 2.45) is 0 Å². The van der Waals surface area contributed by atoms with Crippen molar-refractivity contribution in [3.8, 4) is 39.1 Å². The second-order valence-corrected chi connectivity index (χ2v) is 15.7. The van der Waals surface area contributed by atoms with Gasteiger partial charge >= 0.3 is 0 Å². The highest BCUT2D eigenvalue weighted by Crippen LogP contribution is 2.46. The highest BCUT2D eigenvalue weighted by molar-refractivity contribution is 6.23. The molecule has 286 valence electrons. The maximum atomic E-state index is 6.79. The Bertz CT molecular complexity index is 3550. The van der Waals surface area contributed by atoms with Crippen molar-refractivity contribution in [2.75, 3.05) is 4.90 Å². The van der Waals surface area contributed by atoms with E-state index in [9.17, 15) is 0 Å². The van der Waals surface area contributed by atoms with Crippen LogP contribution < -0.4 is 4.90 Å². The number of anilines is 3. The lowest BCUT2D eigenvalue weighted by Crippen LogP contribution is -2.10.